The molecule has 3 heterocycles. The molecule has 0 aliphatic carbocycles. The number of hydrogen-bond donors (Lipinski definition) is 1. The molecule has 1 aromatic carbocycles. The zero-order valence-corrected chi connectivity index (χ0v) is 20.2. The Labute approximate surface area is 208 Å². The van der Waals surface area contributed by atoms with E-state index >= 15 is 0 Å². The first-order valence-electron chi connectivity index (χ1n) is 10.7. The lowest BCUT2D eigenvalue weighted by Gasteiger charge is -2.32. The van der Waals surface area contributed by atoms with E-state index in [2.05, 4.69) is 15.1 Å². The van der Waals surface area contributed by atoms with Crippen LogP contribution in [0.15, 0.2) is 36.7 Å². The van der Waals surface area contributed by atoms with Crippen LogP contribution in [0.4, 0.5) is 19.0 Å². The third-order valence-corrected chi connectivity index (χ3v) is 6.09. The highest BCUT2D eigenvalue weighted by Gasteiger charge is 2.32. The summed E-state index contributed by atoms with van der Waals surface area (Å²) < 4.78 is 40.7. The minimum absolute atomic E-state index is 0.00183. The number of aryl methyl sites for hydroxylation is 1. The normalized spacial score (nSPS) is 11.8. The number of hydrazine groups is 1. The number of rotatable bonds is 4. The quantitative estimate of drug-likeness (QED) is 0.405. The molecule has 2 N–H and O–H groups in total. The van der Waals surface area contributed by atoms with E-state index in [-0.39, 0.29) is 29.2 Å². The van der Waals surface area contributed by atoms with Crippen LogP contribution >= 0.6 is 11.6 Å². The molecular formula is C23H21ClF3N7O2. The van der Waals surface area contributed by atoms with Gasteiger partial charge in [-0.15, -0.1) is 0 Å². The second-order valence-electron chi connectivity index (χ2n) is 8.04. The molecule has 4 aromatic rings. The fraction of sp³-hybridized carbons (Fsp3) is 0.261. The molecule has 0 saturated heterocycles. The average Bonchev–Trinajstić information content (AvgIpc) is 3.23. The van der Waals surface area contributed by atoms with Crippen molar-refractivity contribution in [3.8, 4) is 0 Å². The number of carbonyl (C=O) groups is 2. The number of hydrogen-bond acceptors (Lipinski definition) is 6. The summed E-state index contributed by atoms with van der Waals surface area (Å²) in [6.45, 7) is 1.28. The van der Waals surface area contributed by atoms with Crippen molar-refractivity contribution in [1.29, 1.82) is 0 Å². The van der Waals surface area contributed by atoms with Crippen LogP contribution in [-0.2, 0) is 24.6 Å². The van der Waals surface area contributed by atoms with Crippen LogP contribution in [0.1, 0.15) is 35.0 Å². The van der Waals surface area contributed by atoms with Gasteiger partial charge in [-0.2, -0.15) is 18.3 Å². The highest BCUT2D eigenvalue weighted by molar-refractivity contribution is 6.31. The van der Waals surface area contributed by atoms with Gasteiger partial charge in [-0.3, -0.25) is 24.3 Å². The summed E-state index contributed by atoms with van der Waals surface area (Å²) in [6.07, 6.45) is -2.33. The minimum atomic E-state index is -4.63. The zero-order chi connectivity index (χ0) is 26.4. The Morgan fingerprint density at radius 3 is 2.53 bits per heavy atom. The standard InChI is InChI=1S/C23H21ClF3N7O2/c1-4-19(35)33(3)34(11-18-16(24)8-13(9-29-18)23(25,26)27)22(36)12-5-6-17-14(7-12)20-15(21(28)31-17)10-30-32(20)2/h5-10H,4,11H2,1-3H3,(H2,28,31). The number of nitrogen functional groups attached to an aromatic ring is 1. The Morgan fingerprint density at radius 2 is 1.89 bits per heavy atom. The van der Waals surface area contributed by atoms with Crippen molar-refractivity contribution < 1.29 is 22.8 Å². The largest absolute Gasteiger partial charge is 0.417 e. The lowest BCUT2D eigenvalue weighted by atomic mass is 10.1. The van der Waals surface area contributed by atoms with Crippen molar-refractivity contribution in [3.05, 3.63) is 58.5 Å². The van der Waals surface area contributed by atoms with E-state index in [1.54, 1.807) is 37.0 Å². The van der Waals surface area contributed by atoms with Gasteiger partial charge in [0.2, 0.25) is 5.91 Å². The van der Waals surface area contributed by atoms with E-state index in [1.165, 1.54) is 13.1 Å². The maximum atomic E-state index is 13.6. The first-order valence-corrected chi connectivity index (χ1v) is 11.1. The SMILES string of the molecule is CCC(=O)N(C)N(Cc1ncc(C(F)(F)F)cc1Cl)C(=O)c1ccc2nc(N)c3cnn(C)c3c2c1. The summed E-state index contributed by atoms with van der Waals surface area (Å²) in [5.74, 6) is -0.690. The molecule has 0 unspecified atom stereocenters. The Kier molecular flexibility index (Phi) is 6.48. The summed E-state index contributed by atoms with van der Waals surface area (Å²) in [4.78, 5) is 34.3. The zero-order valence-electron chi connectivity index (χ0n) is 19.5. The number of alkyl halides is 3. The van der Waals surface area contributed by atoms with Gasteiger partial charge in [0.25, 0.3) is 5.91 Å². The molecule has 3 aromatic heterocycles. The van der Waals surface area contributed by atoms with Crippen LogP contribution in [0.3, 0.4) is 0 Å². The van der Waals surface area contributed by atoms with Crippen molar-refractivity contribution >= 4 is 51.0 Å². The molecule has 13 heteroatoms. The van der Waals surface area contributed by atoms with E-state index in [4.69, 9.17) is 17.3 Å². The van der Waals surface area contributed by atoms with Crippen LogP contribution < -0.4 is 5.73 Å². The summed E-state index contributed by atoms with van der Waals surface area (Å²) >= 11 is 6.08. The van der Waals surface area contributed by atoms with Crippen molar-refractivity contribution in [2.45, 2.75) is 26.1 Å². The number of carbonyl (C=O) groups excluding carboxylic acids is 2. The van der Waals surface area contributed by atoms with E-state index in [0.29, 0.717) is 33.8 Å². The number of anilines is 1. The Bertz CT molecular complexity index is 1500. The monoisotopic (exact) mass is 519 g/mol. The van der Waals surface area contributed by atoms with Crippen molar-refractivity contribution in [1.82, 2.24) is 29.8 Å². The van der Waals surface area contributed by atoms with Gasteiger partial charge in [0, 0.05) is 37.7 Å². The lowest BCUT2D eigenvalue weighted by molar-refractivity contribution is -0.142. The van der Waals surface area contributed by atoms with Crippen molar-refractivity contribution in [2.75, 3.05) is 12.8 Å². The molecule has 0 aliphatic heterocycles. The highest BCUT2D eigenvalue weighted by atomic mass is 35.5. The van der Waals surface area contributed by atoms with Crippen LogP contribution in [0, 0.1) is 0 Å². The number of pyridine rings is 2. The van der Waals surface area contributed by atoms with Gasteiger partial charge < -0.3 is 5.73 Å². The van der Waals surface area contributed by atoms with Gasteiger partial charge in [0.05, 0.1) is 45.4 Å². The third kappa shape index (κ3) is 4.51. The first kappa shape index (κ1) is 25.2. The van der Waals surface area contributed by atoms with E-state index in [9.17, 15) is 22.8 Å². The number of nitrogens with two attached hydrogens (primary N) is 1. The molecule has 9 nitrogen and oxygen atoms in total. The topological polar surface area (TPSA) is 110 Å². The number of benzene rings is 1. The smallest absolute Gasteiger partial charge is 0.383 e. The second kappa shape index (κ2) is 9.26. The number of fused-ring (bicyclic) bond motifs is 3. The molecule has 0 spiro atoms. The van der Waals surface area contributed by atoms with E-state index in [0.717, 1.165) is 16.1 Å². The van der Waals surface area contributed by atoms with Crippen molar-refractivity contribution in [2.24, 2.45) is 7.05 Å². The lowest BCUT2D eigenvalue weighted by Crippen LogP contribution is -2.47. The molecule has 0 saturated carbocycles. The van der Waals surface area contributed by atoms with Crippen LogP contribution in [0.25, 0.3) is 21.8 Å². The number of aromatic nitrogens is 4. The van der Waals surface area contributed by atoms with Gasteiger partial charge in [0.15, 0.2) is 0 Å². The van der Waals surface area contributed by atoms with Crippen LogP contribution in [0.5, 0.6) is 0 Å². The maximum Gasteiger partial charge on any atom is 0.417 e. The van der Waals surface area contributed by atoms with Gasteiger partial charge in [-0.05, 0) is 24.3 Å². The Morgan fingerprint density at radius 1 is 1.17 bits per heavy atom. The highest BCUT2D eigenvalue weighted by Crippen LogP contribution is 2.32. The average molecular weight is 520 g/mol. The van der Waals surface area contributed by atoms with Gasteiger partial charge in [0.1, 0.15) is 5.82 Å². The Balaban J connectivity index is 1.78. The fourth-order valence-corrected chi connectivity index (χ4v) is 4.02. The summed E-state index contributed by atoms with van der Waals surface area (Å²) in [5.41, 5.74) is 6.43. The molecule has 36 heavy (non-hydrogen) atoms. The molecule has 188 valence electrons. The maximum absolute atomic E-state index is 13.6. The van der Waals surface area contributed by atoms with Crippen molar-refractivity contribution in [3.63, 3.8) is 0 Å². The number of nitrogens with zero attached hydrogens (tertiary/aromatic N) is 6. The van der Waals surface area contributed by atoms with Crippen LogP contribution in [0.2, 0.25) is 5.02 Å². The molecule has 0 fully saturated rings. The molecule has 2 amide bonds. The predicted molar refractivity (Wildman–Crippen MR) is 128 cm³/mol. The molecule has 0 radical (unpaired) electrons. The van der Waals surface area contributed by atoms with Gasteiger partial charge >= 0.3 is 6.18 Å². The number of halogens is 4. The number of amides is 2. The molecule has 0 atom stereocenters. The van der Waals surface area contributed by atoms with Gasteiger partial charge in [-0.25, -0.2) is 9.99 Å². The summed E-state index contributed by atoms with van der Waals surface area (Å²) in [6, 6.07) is 5.49. The third-order valence-electron chi connectivity index (χ3n) is 5.76. The van der Waals surface area contributed by atoms with Gasteiger partial charge in [-0.1, -0.05) is 18.5 Å². The first-order chi connectivity index (χ1) is 16.9. The molecule has 4 rings (SSSR count). The molecule has 0 bridgehead atoms. The fourth-order valence-electron chi connectivity index (χ4n) is 3.80. The van der Waals surface area contributed by atoms with E-state index < -0.39 is 23.6 Å². The predicted octanol–water partition coefficient (Wildman–Crippen LogP) is 4.20. The molecular weight excluding hydrogens is 499 g/mol. The summed E-state index contributed by atoms with van der Waals surface area (Å²) in [5, 5.41) is 7.34. The summed E-state index contributed by atoms with van der Waals surface area (Å²) in [7, 11) is 3.12. The van der Waals surface area contributed by atoms with Crippen LogP contribution in [-0.4, -0.2) is 48.6 Å². The Hall–Kier alpha value is -3.93. The van der Waals surface area contributed by atoms with E-state index in [1.807, 2.05) is 0 Å². The minimum Gasteiger partial charge on any atom is -0.383 e. The molecule has 0 aliphatic rings. The second-order valence-corrected chi connectivity index (χ2v) is 8.45.